The third-order valence-corrected chi connectivity index (χ3v) is 6.91. The zero-order valence-electron chi connectivity index (χ0n) is 18.7. The predicted octanol–water partition coefficient (Wildman–Crippen LogP) is 2.26. The molecule has 3 fully saturated rings. The highest BCUT2D eigenvalue weighted by Crippen LogP contribution is 2.33. The Morgan fingerprint density at radius 3 is 2.32 bits per heavy atom. The van der Waals surface area contributed by atoms with E-state index >= 15 is 0 Å². The number of benzene rings is 1. The monoisotopic (exact) mass is 426 g/mol. The fourth-order valence-corrected chi connectivity index (χ4v) is 5.20. The fraction of sp³-hybridized carbons (Fsp3) is 0.625. The van der Waals surface area contributed by atoms with E-state index in [1.54, 1.807) is 0 Å². The molecule has 0 aliphatic carbocycles. The molecule has 0 aromatic heterocycles. The molecule has 3 heterocycles. The van der Waals surface area contributed by atoms with E-state index in [1.165, 1.54) is 4.90 Å². The molecule has 7 heteroatoms. The van der Waals surface area contributed by atoms with E-state index in [4.69, 9.17) is 0 Å². The minimum absolute atomic E-state index is 0.0595. The van der Waals surface area contributed by atoms with Gasteiger partial charge >= 0.3 is 6.03 Å². The molecule has 0 atom stereocenters. The number of hydrogen-bond acceptors (Lipinski definition) is 4. The van der Waals surface area contributed by atoms with Crippen molar-refractivity contribution in [2.24, 2.45) is 5.92 Å². The molecule has 3 saturated heterocycles. The summed E-state index contributed by atoms with van der Waals surface area (Å²) in [5.74, 6) is 0.640. The summed E-state index contributed by atoms with van der Waals surface area (Å²) in [6, 6.07) is 9.37. The lowest BCUT2D eigenvalue weighted by atomic mass is 9.86. The number of urea groups is 1. The lowest BCUT2D eigenvalue weighted by molar-refractivity contribution is -0.136. The highest BCUT2D eigenvalue weighted by atomic mass is 16.2. The van der Waals surface area contributed by atoms with Crippen LogP contribution in [0.25, 0.3) is 0 Å². The van der Waals surface area contributed by atoms with Crippen LogP contribution in [0.2, 0.25) is 0 Å². The number of carbonyl (C=O) groups is 3. The summed E-state index contributed by atoms with van der Waals surface area (Å²) in [5.41, 5.74) is 0.277. The van der Waals surface area contributed by atoms with E-state index in [1.807, 2.05) is 35.2 Å². The summed E-state index contributed by atoms with van der Waals surface area (Å²) in [7, 11) is 0. The van der Waals surface area contributed by atoms with Crippen molar-refractivity contribution in [2.75, 3.05) is 32.7 Å². The Kier molecular flexibility index (Phi) is 6.32. The summed E-state index contributed by atoms with van der Waals surface area (Å²) in [6.07, 6.45) is 3.04. The number of rotatable bonds is 5. The Bertz CT molecular complexity index is 809. The van der Waals surface area contributed by atoms with Gasteiger partial charge in [-0.15, -0.1) is 0 Å². The zero-order chi connectivity index (χ0) is 22.0. The van der Waals surface area contributed by atoms with Crippen LogP contribution >= 0.6 is 0 Å². The van der Waals surface area contributed by atoms with Gasteiger partial charge in [0.2, 0.25) is 5.91 Å². The van der Waals surface area contributed by atoms with E-state index in [9.17, 15) is 14.4 Å². The molecule has 0 unspecified atom stereocenters. The van der Waals surface area contributed by atoms with Gasteiger partial charge < -0.3 is 15.1 Å². The molecule has 1 spiro atoms. The maximum absolute atomic E-state index is 13.3. The minimum atomic E-state index is -0.731. The fourth-order valence-electron chi connectivity index (χ4n) is 5.20. The Labute approximate surface area is 184 Å². The van der Waals surface area contributed by atoms with Gasteiger partial charge in [0, 0.05) is 38.8 Å². The number of imide groups is 1. The Morgan fingerprint density at radius 2 is 1.71 bits per heavy atom. The van der Waals surface area contributed by atoms with Crippen molar-refractivity contribution >= 4 is 17.8 Å². The molecule has 1 N–H and O–H groups in total. The van der Waals surface area contributed by atoms with E-state index in [0.29, 0.717) is 51.1 Å². The molecule has 4 rings (SSSR count). The van der Waals surface area contributed by atoms with Crippen LogP contribution in [0.5, 0.6) is 0 Å². The molecule has 3 aliphatic heterocycles. The average Bonchev–Trinajstić information content (AvgIpc) is 2.99. The molecule has 31 heavy (non-hydrogen) atoms. The van der Waals surface area contributed by atoms with Gasteiger partial charge in [-0.1, -0.05) is 44.2 Å². The van der Waals surface area contributed by atoms with Crippen LogP contribution in [0.3, 0.4) is 0 Å². The molecule has 4 amide bonds. The molecule has 1 aromatic carbocycles. The normalized spacial score (nSPS) is 22.4. The van der Waals surface area contributed by atoms with Crippen molar-refractivity contribution in [1.29, 1.82) is 0 Å². The van der Waals surface area contributed by atoms with Gasteiger partial charge in [-0.05, 0) is 37.2 Å². The van der Waals surface area contributed by atoms with Crippen molar-refractivity contribution in [1.82, 2.24) is 20.0 Å². The summed E-state index contributed by atoms with van der Waals surface area (Å²) in [6.45, 7) is 8.27. The molecule has 7 nitrogen and oxygen atoms in total. The molecule has 168 valence electrons. The Balaban J connectivity index is 1.32. The number of likely N-dealkylation sites (tertiary alicyclic amines) is 2. The second-order valence-electron chi connectivity index (χ2n) is 9.66. The summed E-state index contributed by atoms with van der Waals surface area (Å²) in [4.78, 5) is 44.4. The molecule has 0 radical (unpaired) electrons. The smallest absolute Gasteiger partial charge is 0.325 e. The summed E-state index contributed by atoms with van der Waals surface area (Å²) >= 11 is 0. The quantitative estimate of drug-likeness (QED) is 0.733. The maximum Gasteiger partial charge on any atom is 0.325 e. The van der Waals surface area contributed by atoms with Crippen molar-refractivity contribution < 1.29 is 14.4 Å². The first-order valence-corrected chi connectivity index (χ1v) is 11.6. The first kappa shape index (κ1) is 21.8. The Morgan fingerprint density at radius 1 is 1.06 bits per heavy atom. The second-order valence-corrected chi connectivity index (χ2v) is 9.66. The number of nitrogens with one attached hydrogen (secondary N) is 1. The molecule has 0 bridgehead atoms. The molecule has 3 aliphatic rings. The van der Waals surface area contributed by atoms with E-state index in [2.05, 4.69) is 24.1 Å². The standard InChI is InChI=1S/C24H34N4O3/c1-18(2)17-26-14-10-24(11-15-26)22(30)28(23(31)25-24)20-8-12-27(13-9-20)21(29)16-19-6-4-3-5-7-19/h3-7,18,20H,8-17H2,1-2H3,(H,25,31). The van der Waals surface area contributed by atoms with Crippen molar-refractivity contribution in [2.45, 2.75) is 57.5 Å². The zero-order valence-corrected chi connectivity index (χ0v) is 18.7. The molecular weight excluding hydrogens is 392 g/mol. The van der Waals surface area contributed by atoms with Crippen molar-refractivity contribution in [3.05, 3.63) is 35.9 Å². The first-order chi connectivity index (χ1) is 14.9. The number of piperidine rings is 2. The van der Waals surface area contributed by atoms with Crippen molar-refractivity contribution in [3.63, 3.8) is 0 Å². The van der Waals surface area contributed by atoms with Gasteiger partial charge in [0.25, 0.3) is 5.91 Å². The maximum atomic E-state index is 13.3. The van der Waals surface area contributed by atoms with Crippen LogP contribution in [0, 0.1) is 5.92 Å². The van der Waals surface area contributed by atoms with Crippen LogP contribution in [0.15, 0.2) is 30.3 Å². The average molecular weight is 427 g/mol. The first-order valence-electron chi connectivity index (χ1n) is 11.6. The molecule has 0 saturated carbocycles. The van der Waals surface area contributed by atoms with Crippen LogP contribution in [-0.2, 0) is 16.0 Å². The van der Waals surface area contributed by atoms with E-state index in [0.717, 1.165) is 25.2 Å². The number of amides is 4. The van der Waals surface area contributed by atoms with Crippen LogP contribution < -0.4 is 5.32 Å². The highest BCUT2D eigenvalue weighted by Gasteiger charge is 2.54. The SMILES string of the molecule is CC(C)CN1CCC2(CC1)NC(=O)N(C1CCN(C(=O)Cc3ccccc3)CC1)C2=O. The van der Waals surface area contributed by atoms with E-state index < -0.39 is 5.54 Å². The van der Waals surface area contributed by atoms with Gasteiger partial charge in [-0.25, -0.2) is 4.79 Å². The van der Waals surface area contributed by atoms with E-state index in [-0.39, 0.29) is 23.9 Å². The van der Waals surface area contributed by atoms with Gasteiger partial charge in [0.05, 0.1) is 6.42 Å². The summed E-state index contributed by atoms with van der Waals surface area (Å²) < 4.78 is 0. The lowest BCUT2D eigenvalue weighted by Crippen LogP contribution is -2.56. The Hall–Kier alpha value is -2.41. The third kappa shape index (κ3) is 4.61. The highest BCUT2D eigenvalue weighted by molar-refractivity contribution is 6.07. The van der Waals surface area contributed by atoms with Crippen LogP contribution in [0.1, 0.15) is 45.1 Å². The largest absolute Gasteiger partial charge is 0.342 e. The number of nitrogens with zero attached hydrogens (tertiary/aromatic N) is 3. The topological polar surface area (TPSA) is 73.0 Å². The molecule has 1 aromatic rings. The molecular formula is C24H34N4O3. The van der Waals surface area contributed by atoms with Gasteiger partial charge in [-0.3, -0.25) is 14.5 Å². The van der Waals surface area contributed by atoms with Crippen LogP contribution in [0.4, 0.5) is 4.79 Å². The van der Waals surface area contributed by atoms with Gasteiger partial charge in [-0.2, -0.15) is 0 Å². The van der Waals surface area contributed by atoms with Crippen molar-refractivity contribution in [3.8, 4) is 0 Å². The third-order valence-electron chi connectivity index (χ3n) is 6.91. The van der Waals surface area contributed by atoms with Crippen LogP contribution in [-0.4, -0.2) is 76.8 Å². The van der Waals surface area contributed by atoms with Gasteiger partial charge in [0.1, 0.15) is 5.54 Å². The number of hydrogen-bond donors (Lipinski definition) is 1. The predicted molar refractivity (Wildman–Crippen MR) is 118 cm³/mol. The second kappa shape index (κ2) is 8.99. The lowest BCUT2D eigenvalue weighted by Gasteiger charge is -2.39. The number of carbonyl (C=O) groups excluding carboxylic acids is 3. The van der Waals surface area contributed by atoms with Gasteiger partial charge in [0.15, 0.2) is 0 Å². The summed E-state index contributed by atoms with van der Waals surface area (Å²) in [5, 5.41) is 3.04. The minimum Gasteiger partial charge on any atom is -0.342 e.